The van der Waals surface area contributed by atoms with Gasteiger partial charge in [-0.3, -0.25) is 4.79 Å². The first-order valence-electron chi connectivity index (χ1n) is 5.62. The molecule has 0 atom stereocenters. The van der Waals surface area contributed by atoms with Gasteiger partial charge in [-0.15, -0.1) is 0 Å². The van der Waals surface area contributed by atoms with Crippen LogP contribution in [0.25, 0.3) is 0 Å². The first-order chi connectivity index (χ1) is 7.94. The molecule has 0 aromatic heterocycles. The maximum absolute atomic E-state index is 11.9. The number of amides is 1. The Morgan fingerprint density at radius 1 is 1.41 bits per heavy atom. The van der Waals surface area contributed by atoms with Crippen LogP contribution >= 0.6 is 0 Å². The molecule has 0 spiro atoms. The molecule has 1 amide bonds. The van der Waals surface area contributed by atoms with Gasteiger partial charge in [0.2, 0.25) is 5.91 Å². The van der Waals surface area contributed by atoms with Crippen molar-refractivity contribution in [2.75, 3.05) is 26.2 Å². The second kappa shape index (κ2) is 6.20. The maximum Gasteiger partial charge on any atom is 0.401 e. The van der Waals surface area contributed by atoms with Crippen LogP contribution in [0, 0.1) is 0 Å². The summed E-state index contributed by atoms with van der Waals surface area (Å²) in [6.07, 6.45) is -1.55. The second-order valence-corrected chi connectivity index (χ2v) is 4.11. The van der Waals surface area contributed by atoms with Crippen molar-refractivity contribution in [1.82, 2.24) is 10.2 Å². The number of halogens is 3. The van der Waals surface area contributed by atoms with E-state index in [-0.39, 0.29) is 31.6 Å². The van der Waals surface area contributed by atoms with Gasteiger partial charge < -0.3 is 15.3 Å². The number of nitrogens with zero attached hydrogens (tertiary/aromatic N) is 1. The highest BCUT2D eigenvalue weighted by Crippen LogP contribution is 2.24. The van der Waals surface area contributed by atoms with Crippen LogP contribution in [0.3, 0.4) is 0 Å². The van der Waals surface area contributed by atoms with E-state index in [2.05, 4.69) is 5.32 Å². The molecule has 1 aliphatic rings. The minimum Gasteiger partial charge on any atom is -0.395 e. The highest BCUT2D eigenvalue weighted by atomic mass is 19.4. The number of carbonyl (C=O) groups excluding carboxylic acids is 1. The van der Waals surface area contributed by atoms with Gasteiger partial charge in [0.05, 0.1) is 19.7 Å². The van der Waals surface area contributed by atoms with Crippen molar-refractivity contribution >= 4 is 5.91 Å². The number of hydrogen-bond donors (Lipinski definition) is 2. The van der Waals surface area contributed by atoms with Crippen LogP contribution in [0.15, 0.2) is 0 Å². The van der Waals surface area contributed by atoms with E-state index >= 15 is 0 Å². The molecule has 0 aliphatic heterocycles. The van der Waals surface area contributed by atoms with Crippen molar-refractivity contribution in [2.45, 2.75) is 31.5 Å². The van der Waals surface area contributed by atoms with Crippen molar-refractivity contribution in [3.8, 4) is 0 Å². The number of alkyl halides is 3. The molecule has 1 fully saturated rings. The van der Waals surface area contributed by atoms with Gasteiger partial charge in [-0.1, -0.05) is 0 Å². The molecule has 0 unspecified atom stereocenters. The van der Waals surface area contributed by atoms with E-state index in [4.69, 9.17) is 5.11 Å². The minimum absolute atomic E-state index is 0.0855. The normalized spacial score (nSPS) is 16.7. The van der Waals surface area contributed by atoms with Gasteiger partial charge in [0.15, 0.2) is 0 Å². The highest BCUT2D eigenvalue weighted by molar-refractivity contribution is 5.78. The Labute approximate surface area is 97.8 Å². The molecule has 2 N–H and O–H groups in total. The van der Waals surface area contributed by atoms with Crippen LogP contribution in [0.5, 0.6) is 0 Å². The zero-order valence-corrected chi connectivity index (χ0v) is 9.46. The van der Waals surface area contributed by atoms with Gasteiger partial charge in [-0.25, -0.2) is 0 Å². The molecule has 4 nitrogen and oxygen atoms in total. The summed E-state index contributed by atoms with van der Waals surface area (Å²) in [5.41, 5.74) is 0. The Bertz CT molecular complexity index is 254. The number of aliphatic hydroxyl groups excluding tert-OH is 1. The maximum atomic E-state index is 11.9. The van der Waals surface area contributed by atoms with E-state index in [0.29, 0.717) is 0 Å². The Balaban J connectivity index is 2.32. The minimum atomic E-state index is -4.31. The Hall–Kier alpha value is -0.820. The third kappa shape index (κ3) is 4.91. The molecule has 1 aliphatic carbocycles. The average molecular weight is 254 g/mol. The lowest BCUT2D eigenvalue weighted by atomic mass is 9.91. The zero-order chi connectivity index (χ0) is 12.9. The first-order valence-corrected chi connectivity index (χ1v) is 5.62. The zero-order valence-electron chi connectivity index (χ0n) is 9.46. The monoisotopic (exact) mass is 254 g/mol. The summed E-state index contributed by atoms with van der Waals surface area (Å²) in [7, 11) is 0. The Morgan fingerprint density at radius 2 is 2.06 bits per heavy atom. The standard InChI is InChI=1S/C10H17F3N2O2/c11-10(12,13)7-14-6-9(17)15(4-5-16)8-2-1-3-8/h8,14,16H,1-7H2. The molecule has 0 bridgehead atoms. The molecule has 0 heterocycles. The molecule has 1 saturated carbocycles. The number of rotatable bonds is 6. The van der Waals surface area contributed by atoms with Gasteiger partial charge in [-0.2, -0.15) is 13.2 Å². The molecule has 100 valence electrons. The lowest BCUT2D eigenvalue weighted by Crippen LogP contribution is -2.49. The van der Waals surface area contributed by atoms with Gasteiger partial charge in [0.1, 0.15) is 0 Å². The van der Waals surface area contributed by atoms with E-state index < -0.39 is 12.7 Å². The fourth-order valence-electron chi connectivity index (χ4n) is 1.73. The third-order valence-electron chi connectivity index (χ3n) is 2.78. The van der Waals surface area contributed by atoms with Gasteiger partial charge >= 0.3 is 6.18 Å². The van der Waals surface area contributed by atoms with Crippen LogP contribution in [-0.2, 0) is 4.79 Å². The molecule has 7 heteroatoms. The lowest BCUT2D eigenvalue weighted by Gasteiger charge is -2.37. The van der Waals surface area contributed by atoms with E-state index in [0.717, 1.165) is 19.3 Å². The van der Waals surface area contributed by atoms with Crippen molar-refractivity contribution in [2.24, 2.45) is 0 Å². The summed E-state index contributed by atoms with van der Waals surface area (Å²) in [5, 5.41) is 10.9. The fraction of sp³-hybridized carbons (Fsp3) is 0.900. The summed E-state index contributed by atoms with van der Waals surface area (Å²) >= 11 is 0. The molecule has 0 aromatic carbocycles. The van der Waals surface area contributed by atoms with Crippen LogP contribution in [-0.4, -0.2) is 54.4 Å². The highest BCUT2D eigenvalue weighted by Gasteiger charge is 2.30. The number of aliphatic hydroxyl groups is 1. The quantitative estimate of drug-likeness (QED) is 0.726. The Kier molecular flexibility index (Phi) is 5.20. The first kappa shape index (κ1) is 14.2. The third-order valence-corrected chi connectivity index (χ3v) is 2.78. The molecular weight excluding hydrogens is 237 g/mol. The van der Waals surface area contributed by atoms with Crippen molar-refractivity contribution in [3.05, 3.63) is 0 Å². The van der Waals surface area contributed by atoms with Crippen molar-refractivity contribution in [3.63, 3.8) is 0 Å². The molecule has 0 saturated heterocycles. The number of hydrogen-bond acceptors (Lipinski definition) is 3. The molecule has 1 rings (SSSR count). The predicted molar refractivity (Wildman–Crippen MR) is 55.4 cm³/mol. The van der Waals surface area contributed by atoms with E-state index in [9.17, 15) is 18.0 Å². The summed E-state index contributed by atoms with van der Waals surface area (Å²) in [5.74, 6) is -0.381. The molecule has 0 aromatic rings. The van der Waals surface area contributed by atoms with Crippen molar-refractivity contribution in [1.29, 1.82) is 0 Å². The van der Waals surface area contributed by atoms with Gasteiger partial charge in [0.25, 0.3) is 0 Å². The van der Waals surface area contributed by atoms with E-state index in [1.165, 1.54) is 4.90 Å². The second-order valence-electron chi connectivity index (χ2n) is 4.11. The summed E-state index contributed by atoms with van der Waals surface area (Å²) < 4.78 is 35.6. The molecule has 17 heavy (non-hydrogen) atoms. The van der Waals surface area contributed by atoms with E-state index in [1.807, 2.05) is 0 Å². The summed E-state index contributed by atoms with van der Waals surface area (Å²) in [6, 6.07) is 0.0855. The SMILES string of the molecule is O=C(CNCC(F)(F)F)N(CCO)C1CCC1. The van der Waals surface area contributed by atoms with E-state index in [1.54, 1.807) is 0 Å². The van der Waals surface area contributed by atoms with Crippen LogP contribution < -0.4 is 5.32 Å². The fourth-order valence-corrected chi connectivity index (χ4v) is 1.73. The summed E-state index contributed by atoms with van der Waals surface area (Å²) in [6.45, 7) is -1.48. The largest absolute Gasteiger partial charge is 0.401 e. The number of carbonyl (C=O) groups is 1. The van der Waals surface area contributed by atoms with Gasteiger partial charge in [-0.05, 0) is 19.3 Å². The van der Waals surface area contributed by atoms with Crippen LogP contribution in [0.2, 0.25) is 0 Å². The van der Waals surface area contributed by atoms with Crippen LogP contribution in [0.4, 0.5) is 13.2 Å². The summed E-state index contributed by atoms with van der Waals surface area (Å²) in [4.78, 5) is 13.1. The topological polar surface area (TPSA) is 52.6 Å². The predicted octanol–water partition coefficient (Wildman–Crippen LogP) is 0.512. The lowest BCUT2D eigenvalue weighted by molar-refractivity contribution is -0.137. The molecule has 0 radical (unpaired) electrons. The molecular formula is C10H17F3N2O2. The smallest absolute Gasteiger partial charge is 0.395 e. The van der Waals surface area contributed by atoms with Crippen LogP contribution in [0.1, 0.15) is 19.3 Å². The Morgan fingerprint density at radius 3 is 2.47 bits per heavy atom. The number of nitrogens with one attached hydrogen (secondary N) is 1. The van der Waals surface area contributed by atoms with Crippen molar-refractivity contribution < 1.29 is 23.1 Å². The average Bonchev–Trinajstić information content (AvgIpc) is 2.12. The van der Waals surface area contributed by atoms with Gasteiger partial charge in [0, 0.05) is 12.6 Å².